The second-order valence-corrected chi connectivity index (χ2v) is 5.45. The maximum absolute atomic E-state index is 11.8. The first-order chi connectivity index (χ1) is 6.96. The molecule has 0 radical (unpaired) electrons. The van der Waals surface area contributed by atoms with Crippen LogP contribution < -0.4 is 5.32 Å². The molecule has 3 heteroatoms. The van der Waals surface area contributed by atoms with E-state index in [1.54, 1.807) is 0 Å². The molecule has 0 spiro atoms. The predicted octanol–water partition coefficient (Wildman–Crippen LogP) is 1.82. The molecule has 0 amide bonds. The van der Waals surface area contributed by atoms with Crippen molar-refractivity contribution in [1.29, 1.82) is 0 Å². The monoisotopic (exact) mass is 213 g/mol. The van der Waals surface area contributed by atoms with Crippen LogP contribution in [0.15, 0.2) is 0 Å². The maximum Gasteiger partial charge on any atom is 0.309 e. The van der Waals surface area contributed by atoms with E-state index >= 15 is 0 Å². The molecule has 3 nitrogen and oxygen atoms in total. The number of ether oxygens (including phenoxy) is 1. The van der Waals surface area contributed by atoms with Gasteiger partial charge in [0.2, 0.25) is 0 Å². The van der Waals surface area contributed by atoms with Gasteiger partial charge in [0.15, 0.2) is 0 Å². The van der Waals surface area contributed by atoms with Crippen LogP contribution in [0.3, 0.4) is 0 Å². The minimum absolute atomic E-state index is 0.00486. The van der Waals surface area contributed by atoms with E-state index in [0.29, 0.717) is 5.92 Å². The molecule has 1 fully saturated rings. The van der Waals surface area contributed by atoms with Crippen LogP contribution in [0.4, 0.5) is 0 Å². The molecule has 88 valence electrons. The smallest absolute Gasteiger partial charge is 0.309 e. The number of piperidine rings is 1. The summed E-state index contributed by atoms with van der Waals surface area (Å²) in [7, 11) is 1.49. The lowest BCUT2D eigenvalue weighted by Gasteiger charge is -2.37. The Bertz CT molecular complexity index is 214. The van der Waals surface area contributed by atoms with Crippen molar-refractivity contribution in [2.75, 3.05) is 20.2 Å². The van der Waals surface area contributed by atoms with Crippen LogP contribution >= 0.6 is 0 Å². The Morgan fingerprint density at radius 2 is 1.87 bits per heavy atom. The van der Waals surface area contributed by atoms with Gasteiger partial charge >= 0.3 is 5.97 Å². The van der Waals surface area contributed by atoms with Crippen molar-refractivity contribution in [3.8, 4) is 0 Å². The first-order valence-corrected chi connectivity index (χ1v) is 5.75. The van der Waals surface area contributed by atoms with Crippen molar-refractivity contribution >= 4 is 5.97 Å². The molecule has 15 heavy (non-hydrogen) atoms. The minimum atomic E-state index is -0.0469. The normalized spacial score (nSPS) is 21.1. The van der Waals surface area contributed by atoms with Crippen molar-refractivity contribution in [2.45, 2.75) is 33.6 Å². The first kappa shape index (κ1) is 12.5. The lowest BCUT2D eigenvalue weighted by atomic mass is 9.70. The SMILES string of the molecule is COC(=O)C(C1CCNCC1)C(C)(C)C. The second kappa shape index (κ2) is 4.97. The number of hydrogen-bond acceptors (Lipinski definition) is 3. The van der Waals surface area contributed by atoms with Crippen molar-refractivity contribution in [3.05, 3.63) is 0 Å². The van der Waals surface area contributed by atoms with Gasteiger partial charge in [-0.05, 0) is 37.3 Å². The van der Waals surface area contributed by atoms with Crippen LogP contribution in [0, 0.1) is 17.3 Å². The molecule has 0 aromatic carbocycles. The average Bonchev–Trinajstić information content (AvgIpc) is 2.17. The fourth-order valence-electron chi connectivity index (χ4n) is 2.56. The van der Waals surface area contributed by atoms with Crippen molar-refractivity contribution in [1.82, 2.24) is 5.32 Å². The summed E-state index contributed by atoms with van der Waals surface area (Å²) >= 11 is 0. The van der Waals surface area contributed by atoms with Gasteiger partial charge in [0.05, 0.1) is 13.0 Å². The fraction of sp³-hybridized carbons (Fsp3) is 0.917. The summed E-state index contributed by atoms with van der Waals surface area (Å²) in [5.41, 5.74) is -0.00486. The lowest BCUT2D eigenvalue weighted by Crippen LogP contribution is -2.41. The Hall–Kier alpha value is -0.570. The Morgan fingerprint density at radius 1 is 1.33 bits per heavy atom. The highest BCUT2D eigenvalue weighted by Gasteiger charge is 2.38. The molecule has 0 aliphatic carbocycles. The van der Waals surface area contributed by atoms with E-state index < -0.39 is 0 Å². The van der Waals surface area contributed by atoms with Crippen LogP contribution in [-0.2, 0) is 9.53 Å². The van der Waals surface area contributed by atoms with E-state index in [9.17, 15) is 4.79 Å². The molecule has 1 heterocycles. The molecule has 1 saturated heterocycles. The van der Waals surface area contributed by atoms with E-state index in [-0.39, 0.29) is 17.3 Å². The second-order valence-electron chi connectivity index (χ2n) is 5.45. The Kier molecular flexibility index (Phi) is 4.14. The largest absolute Gasteiger partial charge is 0.469 e. The third-order valence-electron chi connectivity index (χ3n) is 3.24. The lowest BCUT2D eigenvalue weighted by molar-refractivity contribution is -0.152. The third kappa shape index (κ3) is 3.20. The van der Waals surface area contributed by atoms with Gasteiger partial charge in [-0.25, -0.2) is 0 Å². The summed E-state index contributed by atoms with van der Waals surface area (Å²) in [6.07, 6.45) is 2.16. The van der Waals surface area contributed by atoms with Crippen molar-refractivity contribution in [3.63, 3.8) is 0 Å². The van der Waals surface area contributed by atoms with Gasteiger partial charge in [-0.15, -0.1) is 0 Å². The van der Waals surface area contributed by atoms with Crippen LogP contribution in [0.5, 0.6) is 0 Å². The zero-order valence-corrected chi connectivity index (χ0v) is 10.3. The molecular weight excluding hydrogens is 190 g/mol. The number of methoxy groups -OCH3 is 1. The zero-order chi connectivity index (χ0) is 11.5. The van der Waals surface area contributed by atoms with Gasteiger partial charge in [0.1, 0.15) is 0 Å². The molecule has 0 aromatic rings. The number of rotatable bonds is 2. The summed E-state index contributed by atoms with van der Waals surface area (Å²) in [4.78, 5) is 11.8. The summed E-state index contributed by atoms with van der Waals surface area (Å²) < 4.78 is 4.93. The average molecular weight is 213 g/mol. The Morgan fingerprint density at radius 3 is 2.27 bits per heavy atom. The summed E-state index contributed by atoms with van der Waals surface area (Å²) in [6, 6.07) is 0. The van der Waals surface area contributed by atoms with Crippen LogP contribution in [0.1, 0.15) is 33.6 Å². The quantitative estimate of drug-likeness (QED) is 0.711. The predicted molar refractivity (Wildman–Crippen MR) is 60.6 cm³/mol. The minimum Gasteiger partial charge on any atom is -0.469 e. The van der Waals surface area contributed by atoms with Crippen LogP contribution in [0.2, 0.25) is 0 Å². The van der Waals surface area contributed by atoms with Crippen LogP contribution in [-0.4, -0.2) is 26.2 Å². The standard InChI is InChI=1S/C12H23NO2/c1-12(2,3)10(11(14)15-4)9-5-7-13-8-6-9/h9-10,13H,5-8H2,1-4H3. The van der Waals surface area contributed by atoms with E-state index in [1.807, 2.05) is 0 Å². The van der Waals surface area contributed by atoms with Crippen molar-refractivity contribution < 1.29 is 9.53 Å². The third-order valence-corrected chi connectivity index (χ3v) is 3.24. The molecule has 0 bridgehead atoms. The topological polar surface area (TPSA) is 38.3 Å². The van der Waals surface area contributed by atoms with Gasteiger partial charge in [-0.2, -0.15) is 0 Å². The molecule has 1 aliphatic heterocycles. The van der Waals surface area contributed by atoms with Gasteiger partial charge in [0.25, 0.3) is 0 Å². The molecule has 1 N–H and O–H groups in total. The van der Waals surface area contributed by atoms with Gasteiger partial charge in [-0.3, -0.25) is 4.79 Å². The highest BCUT2D eigenvalue weighted by atomic mass is 16.5. The number of esters is 1. The first-order valence-electron chi connectivity index (χ1n) is 5.75. The highest BCUT2D eigenvalue weighted by Crippen LogP contribution is 2.37. The fourth-order valence-corrected chi connectivity index (χ4v) is 2.56. The number of nitrogens with one attached hydrogen (secondary N) is 1. The summed E-state index contributed by atoms with van der Waals surface area (Å²) in [5, 5.41) is 3.33. The molecule has 0 saturated carbocycles. The number of carbonyl (C=O) groups excluding carboxylic acids is 1. The molecular formula is C12H23NO2. The zero-order valence-electron chi connectivity index (χ0n) is 10.3. The molecule has 1 unspecified atom stereocenters. The summed E-state index contributed by atoms with van der Waals surface area (Å²) in [5.74, 6) is 0.456. The Balaban J connectivity index is 2.75. The van der Waals surface area contributed by atoms with E-state index in [1.165, 1.54) is 7.11 Å². The van der Waals surface area contributed by atoms with E-state index in [0.717, 1.165) is 25.9 Å². The number of hydrogen-bond donors (Lipinski definition) is 1. The van der Waals surface area contributed by atoms with Gasteiger partial charge < -0.3 is 10.1 Å². The highest BCUT2D eigenvalue weighted by molar-refractivity contribution is 5.73. The molecule has 1 rings (SSSR count). The van der Waals surface area contributed by atoms with Crippen molar-refractivity contribution in [2.24, 2.45) is 17.3 Å². The summed E-state index contributed by atoms with van der Waals surface area (Å²) in [6.45, 7) is 8.41. The number of carbonyl (C=O) groups is 1. The van der Waals surface area contributed by atoms with E-state index in [2.05, 4.69) is 26.1 Å². The Labute approximate surface area is 92.6 Å². The maximum atomic E-state index is 11.8. The molecule has 1 aliphatic rings. The van der Waals surface area contributed by atoms with Gasteiger partial charge in [-0.1, -0.05) is 20.8 Å². The molecule has 0 aromatic heterocycles. The van der Waals surface area contributed by atoms with Crippen LogP contribution in [0.25, 0.3) is 0 Å². The molecule has 1 atom stereocenters. The van der Waals surface area contributed by atoms with E-state index in [4.69, 9.17) is 4.74 Å². The van der Waals surface area contributed by atoms with Gasteiger partial charge in [0, 0.05) is 0 Å².